The van der Waals surface area contributed by atoms with Gasteiger partial charge in [0.1, 0.15) is 0 Å². The van der Waals surface area contributed by atoms with Crippen molar-refractivity contribution in [2.45, 2.75) is 64.8 Å². The van der Waals surface area contributed by atoms with Gasteiger partial charge >= 0.3 is 12.0 Å². The van der Waals surface area contributed by atoms with Crippen LogP contribution in [0, 0.1) is 5.41 Å². The van der Waals surface area contributed by atoms with Crippen molar-refractivity contribution in [3.05, 3.63) is 0 Å². The van der Waals surface area contributed by atoms with E-state index in [4.69, 9.17) is 5.11 Å². The zero-order valence-corrected chi connectivity index (χ0v) is 12.2. The van der Waals surface area contributed by atoms with E-state index in [1.165, 1.54) is 0 Å². The third-order valence-electron chi connectivity index (χ3n) is 4.11. The van der Waals surface area contributed by atoms with Crippen LogP contribution in [0.3, 0.4) is 0 Å². The molecule has 0 unspecified atom stereocenters. The van der Waals surface area contributed by atoms with Crippen molar-refractivity contribution >= 4 is 12.0 Å². The Morgan fingerprint density at radius 1 is 1.26 bits per heavy atom. The predicted octanol–water partition coefficient (Wildman–Crippen LogP) is 2.51. The highest BCUT2D eigenvalue weighted by atomic mass is 16.4. The Kier molecular flexibility index (Phi) is 5.20. The summed E-state index contributed by atoms with van der Waals surface area (Å²) >= 11 is 0. The predicted molar refractivity (Wildman–Crippen MR) is 74.1 cm³/mol. The van der Waals surface area contributed by atoms with E-state index >= 15 is 0 Å². The van der Waals surface area contributed by atoms with Gasteiger partial charge in [0, 0.05) is 6.54 Å². The number of carbonyl (C=O) groups excluding carboxylic acids is 1. The van der Waals surface area contributed by atoms with Gasteiger partial charge in [-0.15, -0.1) is 0 Å². The highest BCUT2D eigenvalue weighted by Crippen LogP contribution is 2.32. The average Bonchev–Trinajstić information content (AvgIpc) is 2.74. The van der Waals surface area contributed by atoms with Gasteiger partial charge in [-0.2, -0.15) is 0 Å². The zero-order chi connectivity index (χ0) is 14.5. The van der Waals surface area contributed by atoms with Crippen LogP contribution in [0.25, 0.3) is 0 Å². The van der Waals surface area contributed by atoms with Crippen LogP contribution in [0.1, 0.15) is 59.3 Å². The molecule has 1 saturated carbocycles. The number of hydrogen-bond acceptors (Lipinski definition) is 2. The summed E-state index contributed by atoms with van der Waals surface area (Å²) in [4.78, 5) is 22.9. The van der Waals surface area contributed by atoms with Gasteiger partial charge in [-0.1, -0.05) is 33.6 Å². The topological polar surface area (TPSA) is 78.4 Å². The molecule has 3 N–H and O–H groups in total. The molecule has 5 heteroatoms. The molecule has 0 spiro atoms. The van der Waals surface area contributed by atoms with Gasteiger partial charge in [-0.05, 0) is 24.7 Å². The monoisotopic (exact) mass is 270 g/mol. The van der Waals surface area contributed by atoms with Crippen LogP contribution in [-0.2, 0) is 4.79 Å². The molecular formula is C14H26N2O3. The lowest BCUT2D eigenvalue weighted by Crippen LogP contribution is -2.52. The molecule has 1 rings (SSSR count). The van der Waals surface area contributed by atoms with E-state index in [1.54, 1.807) is 0 Å². The molecule has 0 aromatic rings. The molecule has 0 aromatic carbocycles. The van der Waals surface area contributed by atoms with E-state index in [1.807, 2.05) is 0 Å². The minimum Gasteiger partial charge on any atom is -0.481 e. The summed E-state index contributed by atoms with van der Waals surface area (Å²) in [7, 11) is 0. The summed E-state index contributed by atoms with van der Waals surface area (Å²) in [5.74, 6) is -0.851. The number of carbonyl (C=O) groups is 2. The van der Waals surface area contributed by atoms with Crippen molar-refractivity contribution < 1.29 is 14.7 Å². The van der Waals surface area contributed by atoms with E-state index in [0.717, 1.165) is 32.1 Å². The number of amides is 2. The molecule has 0 saturated heterocycles. The van der Waals surface area contributed by atoms with Gasteiger partial charge in [0.05, 0.1) is 12.0 Å². The van der Waals surface area contributed by atoms with Gasteiger partial charge in [-0.3, -0.25) is 4.79 Å². The smallest absolute Gasteiger partial charge is 0.315 e. The fraction of sp³-hybridized carbons (Fsp3) is 0.857. The Hall–Kier alpha value is -1.26. The lowest BCUT2D eigenvalue weighted by atomic mass is 9.90. The Morgan fingerprint density at radius 2 is 1.84 bits per heavy atom. The Balaban J connectivity index is 2.51. The minimum absolute atomic E-state index is 0.0115. The first kappa shape index (κ1) is 15.8. The molecular weight excluding hydrogens is 244 g/mol. The molecule has 1 aliphatic carbocycles. The number of carboxylic acids is 1. The maximum Gasteiger partial charge on any atom is 0.315 e. The summed E-state index contributed by atoms with van der Waals surface area (Å²) in [6, 6.07) is -0.246. The largest absolute Gasteiger partial charge is 0.481 e. The maximum atomic E-state index is 11.9. The highest BCUT2D eigenvalue weighted by Gasteiger charge is 2.37. The van der Waals surface area contributed by atoms with E-state index in [-0.39, 0.29) is 17.9 Å². The van der Waals surface area contributed by atoms with Gasteiger partial charge in [-0.25, -0.2) is 4.79 Å². The molecule has 0 aliphatic heterocycles. The molecule has 1 aliphatic rings. The normalized spacial score (nSPS) is 18.1. The van der Waals surface area contributed by atoms with Crippen molar-refractivity contribution in [2.75, 3.05) is 6.54 Å². The summed E-state index contributed by atoms with van der Waals surface area (Å²) in [6.07, 6.45) is 4.46. The van der Waals surface area contributed by atoms with E-state index in [9.17, 15) is 9.59 Å². The molecule has 5 nitrogen and oxygen atoms in total. The van der Waals surface area contributed by atoms with E-state index in [2.05, 4.69) is 31.4 Å². The molecule has 0 aromatic heterocycles. The van der Waals surface area contributed by atoms with Crippen molar-refractivity contribution in [3.8, 4) is 0 Å². The minimum atomic E-state index is -0.851. The fourth-order valence-electron chi connectivity index (χ4n) is 2.42. The standard InChI is InChI=1S/C14H26N2O3/c1-4-13(2,3)10-15-12(19)16-14(9-11(17)18)7-5-6-8-14/h4-10H2,1-3H3,(H,17,18)(H2,15,16,19). The Labute approximate surface area is 115 Å². The lowest BCUT2D eigenvalue weighted by molar-refractivity contribution is -0.138. The van der Waals surface area contributed by atoms with Crippen molar-refractivity contribution in [1.29, 1.82) is 0 Å². The van der Waals surface area contributed by atoms with Crippen molar-refractivity contribution in [3.63, 3.8) is 0 Å². The first-order valence-corrected chi connectivity index (χ1v) is 7.06. The highest BCUT2D eigenvalue weighted by molar-refractivity contribution is 5.76. The van der Waals surface area contributed by atoms with Crippen LogP contribution < -0.4 is 10.6 Å². The molecule has 0 heterocycles. The zero-order valence-electron chi connectivity index (χ0n) is 12.2. The summed E-state index contributed by atoms with van der Waals surface area (Å²) in [5.41, 5.74) is -0.487. The SMILES string of the molecule is CCC(C)(C)CNC(=O)NC1(CC(=O)O)CCCC1. The molecule has 19 heavy (non-hydrogen) atoms. The van der Waals surface area contributed by atoms with Gasteiger partial charge in [0.15, 0.2) is 0 Å². The quantitative estimate of drug-likeness (QED) is 0.694. The number of aliphatic carboxylic acids is 1. The molecule has 0 atom stereocenters. The molecule has 0 radical (unpaired) electrons. The third kappa shape index (κ3) is 5.09. The van der Waals surface area contributed by atoms with Crippen LogP contribution in [0.5, 0.6) is 0 Å². The number of carboxylic acid groups (broad SMARTS) is 1. The van der Waals surface area contributed by atoms with E-state index in [0.29, 0.717) is 6.54 Å². The average molecular weight is 270 g/mol. The summed E-state index contributed by atoms with van der Waals surface area (Å²) < 4.78 is 0. The Morgan fingerprint density at radius 3 is 2.32 bits per heavy atom. The van der Waals surface area contributed by atoms with Gasteiger partial charge < -0.3 is 15.7 Å². The van der Waals surface area contributed by atoms with Gasteiger partial charge in [0.2, 0.25) is 0 Å². The second kappa shape index (κ2) is 6.26. The molecule has 110 valence electrons. The number of hydrogen-bond donors (Lipinski definition) is 3. The molecule has 1 fully saturated rings. The third-order valence-corrected chi connectivity index (χ3v) is 4.11. The van der Waals surface area contributed by atoms with E-state index < -0.39 is 11.5 Å². The summed E-state index contributed by atoms with van der Waals surface area (Å²) in [5, 5.41) is 14.7. The lowest BCUT2D eigenvalue weighted by Gasteiger charge is -2.30. The second-order valence-electron chi connectivity index (χ2n) is 6.38. The molecule has 0 bridgehead atoms. The number of urea groups is 1. The van der Waals surface area contributed by atoms with Crippen LogP contribution in [-0.4, -0.2) is 29.2 Å². The van der Waals surface area contributed by atoms with Crippen molar-refractivity contribution in [2.24, 2.45) is 5.41 Å². The number of rotatable bonds is 6. The Bertz CT molecular complexity index is 334. The van der Waals surface area contributed by atoms with Crippen LogP contribution in [0.15, 0.2) is 0 Å². The first-order chi connectivity index (χ1) is 8.79. The van der Waals surface area contributed by atoms with Crippen LogP contribution in [0.4, 0.5) is 4.79 Å². The number of nitrogens with one attached hydrogen (secondary N) is 2. The van der Waals surface area contributed by atoms with Crippen LogP contribution >= 0.6 is 0 Å². The summed E-state index contributed by atoms with van der Waals surface area (Å²) in [6.45, 7) is 6.87. The van der Waals surface area contributed by atoms with Crippen molar-refractivity contribution in [1.82, 2.24) is 10.6 Å². The van der Waals surface area contributed by atoms with Gasteiger partial charge in [0.25, 0.3) is 0 Å². The second-order valence-corrected chi connectivity index (χ2v) is 6.38. The first-order valence-electron chi connectivity index (χ1n) is 7.06. The maximum absolute atomic E-state index is 11.9. The van der Waals surface area contributed by atoms with Crippen LogP contribution in [0.2, 0.25) is 0 Å². The fourth-order valence-corrected chi connectivity index (χ4v) is 2.42. The molecule has 2 amide bonds.